The third-order valence-corrected chi connectivity index (χ3v) is 6.23. The van der Waals surface area contributed by atoms with Gasteiger partial charge in [-0.15, -0.1) is 0 Å². The minimum atomic E-state index is 0.0154. The number of hydrogen-bond acceptors (Lipinski definition) is 2. The van der Waals surface area contributed by atoms with Gasteiger partial charge in [0.15, 0.2) is 0 Å². The van der Waals surface area contributed by atoms with E-state index in [0.29, 0.717) is 58.9 Å². The largest absolute Gasteiger partial charge is 0.356 e. The molecule has 0 radical (unpaired) electrons. The molecule has 0 aliphatic heterocycles. The number of nitrogens with one attached hydrogen (secondary N) is 2. The van der Waals surface area contributed by atoms with Crippen LogP contribution in [0.1, 0.15) is 43.2 Å². The first-order valence-corrected chi connectivity index (χ1v) is 11.8. The molecule has 2 aromatic rings. The Balaban J connectivity index is 1.48. The van der Waals surface area contributed by atoms with Crippen molar-refractivity contribution in [2.75, 3.05) is 13.1 Å². The number of rotatable bonds is 12. The van der Waals surface area contributed by atoms with Crippen LogP contribution in [0.2, 0.25) is 20.1 Å². The second-order valence-electron chi connectivity index (χ2n) is 7.26. The fourth-order valence-electron chi connectivity index (χ4n) is 2.97. The molecular weight excluding hydrogens is 478 g/mol. The molecule has 0 fully saturated rings. The first-order valence-electron chi connectivity index (χ1n) is 10.3. The third-order valence-electron chi connectivity index (χ3n) is 4.75. The lowest BCUT2D eigenvalue weighted by atomic mass is 10.1. The number of unbranched alkanes of at least 4 members (excludes halogenated alkanes) is 2. The van der Waals surface area contributed by atoms with E-state index in [-0.39, 0.29) is 11.8 Å². The van der Waals surface area contributed by atoms with Crippen molar-refractivity contribution in [3.8, 4) is 0 Å². The predicted molar refractivity (Wildman–Crippen MR) is 129 cm³/mol. The van der Waals surface area contributed by atoms with Crippen molar-refractivity contribution in [2.24, 2.45) is 0 Å². The average molecular weight is 504 g/mol. The van der Waals surface area contributed by atoms with Crippen LogP contribution in [0.4, 0.5) is 0 Å². The Hall–Kier alpha value is -1.46. The molecule has 0 aliphatic rings. The van der Waals surface area contributed by atoms with Gasteiger partial charge < -0.3 is 10.6 Å². The number of aryl methyl sites for hydroxylation is 2. The van der Waals surface area contributed by atoms with E-state index in [1.54, 1.807) is 24.3 Å². The smallest absolute Gasteiger partial charge is 0.220 e. The van der Waals surface area contributed by atoms with E-state index in [1.165, 1.54) is 0 Å². The maximum Gasteiger partial charge on any atom is 0.220 e. The zero-order valence-corrected chi connectivity index (χ0v) is 20.2. The van der Waals surface area contributed by atoms with E-state index in [9.17, 15) is 9.59 Å². The van der Waals surface area contributed by atoms with E-state index in [1.807, 2.05) is 12.1 Å². The molecule has 168 valence electrons. The number of carbonyl (C=O) groups is 2. The van der Waals surface area contributed by atoms with Gasteiger partial charge in [-0.1, -0.05) is 58.5 Å². The van der Waals surface area contributed by atoms with Crippen LogP contribution in [-0.2, 0) is 22.4 Å². The molecular formula is C23H26Cl4N2O2. The Bertz CT molecular complexity index is 818. The predicted octanol–water partition coefficient (Wildman–Crippen LogP) is 6.27. The number of hydrogen-bond donors (Lipinski definition) is 2. The molecule has 0 bridgehead atoms. The second kappa shape index (κ2) is 13.8. The molecule has 0 aliphatic carbocycles. The summed E-state index contributed by atoms with van der Waals surface area (Å²) in [6.45, 7) is 1.26. The van der Waals surface area contributed by atoms with Crippen molar-refractivity contribution in [3.63, 3.8) is 0 Å². The van der Waals surface area contributed by atoms with Crippen LogP contribution in [-0.4, -0.2) is 24.9 Å². The topological polar surface area (TPSA) is 58.2 Å². The van der Waals surface area contributed by atoms with Crippen molar-refractivity contribution >= 4 is 58.2 Å². The summed E-state index contributed by atoms with van der Waals surface area (Å²) in [5.74, 6) is 0.0309. The third kappa shape index (κ3) is 10.1. The van der Waals surface area contributed by atoms with Crippen LogP contribution in [0.3, 0.4) is 0 Å². The highest BCUT2D eigenvalue weighted by Gasteiger charge is 2.06. The van der Waals surface area contributed by atoms with Gasteiger partial charge >= 0.3 is 0 Å². The van der Waals surface area contributed by atoms with E-state index < -0.39 is 0 Å². The van der Waals surface area contributed by atoms with Gasteiger partial charge in [-0.3, -0.25) is 9.59 Å². The van der Waals surface area contributed by atoms with Crippen LogP contribution < -0.4 is 10.6 Å². The van der Waals surface area contributed by atoms with Crippen molar-refractivity contribution in [3.05, 3.63) is 67.6 Å². The van der Waals surface area contributed by atoms with Crippen molar-refractivity contribution in [1.82, 2.24) is 10.6 Å². The average Bonchev–Trinajstić information content (AvgIpc) is 2.74. The highest BCUT2D eigenvalue weighted by Crippen LogP contribution is 2.24. The van der Waals surface area contributed by atoms with Gasteiger partial charge in [-0.2, -0.15) is 0 Å². The first-order chi connectivity index (χ1) is 14.8. The Morgan fingerprint density at radius 2 is 1.03 bits per heavy atom. The van der Waals surface area contributed by atoms with E-state index in [2.05, 4.69) is 10.6 Å². The molecule has 2 N–H and O–H groups in total. The SMILES string of the molecule is O=C(CCc1ccc(Cl)c(Cl)c1)NCCCCCNC(=O)CCc1ccc(Cl)c(Cl)c1. The maximum absolute atomic E-state index is 11.9. The zero-order valence-electron chi connectivity index (χ0n) is 17.2. The van der Waals surface area contributed by atoms with E-state index >= 15 is 0 Å². The number of benzene rings is 2. The van der Waals surface area contributed by atoms with E-state index in [4.69, 9.17) is 46.4 Å². The monoisotopic (exact) mass is 502 g/mol. The van der Waals surface area contributed by atoms with Crippen molar-refractivity contribution in [1.29, 1.82) is 0 Å². The summed E-state index contributed by atoms with van der Waals surface area (Å²) in [6, 6.07) is 10.8. The molecule has 0 spiro atoms. The Morgan fingerprint density at radius 3 is 1.42 bits per heavy atom. The van der Waals surface area contributed by atoms with Crippen LogP contribution >= 0.6 is 46.4 Å². The molecule has 0 atom stereocenters. The highest BCUT2D eigenvalue weighted by atomic mass is 35.5. The Kier molecular flexibility index (Phi) is 11.5. The lowest BCUT2D eigenvalue weighted by Gasteiger charge is -2.07. The zero-order chi connectivity index (χ0) is 22.6. The van der Waals surface area contributed by atoms with Crippen molar-refractivity contribution < 1.29 is 9.59 Å². The standard InChI is InChI=1S/C23H26Cl4N2O2/c24-18-8-4-16(14-20(18)26)6-10-22(30)28-12-2-1-3-13-29-23(31)11-7-17-5-9-19(25)21(27)15-17/h4-5,8-9,14-15H,1-3,6-7,10-13H2,(H,28,30)(H,29,31). The summed E-state index contributed by atoms with van der Waals surface area (Å²) in [5.41, 5.74) is 1.97. The molecule has 31 heavy (non-hydrogen) atoms. The summed E-state index contributed by atoms with van der Waals surface area (Å²) in [6.07, 6.45) is 4.74. The molecule has 4 nitrogen and oxygen atoms in total. The van der Waals surface area contributed by atoms with Gasteiger partial charge in [0.25, 0.3) is 0 Å². The fraction of sp³-hybridized carbons (Fsp3) is 0.391. The van der Waals surface area contributed by atoms with Gasteiger partial charge in [0.1, 0.15) is 0 Å². The first kappa shape index (κ1) is 25.8. The molecule has 2 amide bonds. The summed E-state index contributed by atoms with van der Waals surface area (Å²) in [4.78, 5) is 23.9. The summed E-state index contributed by atoms with van der Waals surface area (Å²) in [7, 11) is 0. The summed E-state index contributed by atoms with van der Waals surface area (Å²) >= 11 is 23.7. The molecule has 2 rings (SSSR count). The minimum Gasteiger partial charge on any atom is -0.356 e. The van der Waals surface area contributed by atoms with Gasteiger partial charge in [0.2, 0.25) is 11.8 Å². The maximum atomic E-state index is 11.9. The van der Waals surface area contributed by atoms with Crippen LogP contribution in [0.15, 0.2) is 36.4 Å². The molecule has 0 unspecified atom stereocenters. The lowest BCUT2D eigenvalue weighted by molar-refractivity contribution is -0.121. The van der Waals surface area contributed by atoms with Gasteiger partial charge in [-0.05, 0) is 67.5 Å². The van der Waals surface area contributed by atoms with Crippen molar-refractivity contribution in [2.45, 2.75) is 44.9 Å². The second-order valence-corrected chi connectivity index (χ2v) is 8.89. The molecule has 0 saturated heterocycles. The molecule has 0 heterocycles. The quantitative estimate of drug-likeness (QED) is 0.335. The summed E-state index contributed by atoms with van der Waals surface area (Å²) in [5, 5.41) is 7.87. The minimum absolute atomic E-state index is 0.0154. The normalized spacial score (nSPS) is 10.7. The van der Waals surface area contributed by atoms with Gasteiger partial charge in [-0.25, -0.2) is 0 Å². The molecule has 2 aromatic carbocycles. The summed E-state index contributed by atoms with van der Waals surface area (Å²) < 4.78 is 0. The fourth-order valence-corrected chi connectivity index (χ4v) is 3.61. The molecule has 8 heteroatoms. The number of amides is 2. The number of carbonyl (C=O) groups excluding carboxylic acids is 2. The van der Waals surface area contributed by atoms with Crippen LogP contribution in [0.5, 0.6) is 0 Å². The van der Waals surface area contributed by atoms with Crippen LogP contribution in [0, 0.1) is 0 Å². The molecule has 0 saturated carbocycles. The van der Waals surface area contributed by atoms with Gasteiger partial charge in [0.05, 0.1) is 20.1 Å². The Morgan fingerprint density at radius 1 is 0.613 bits per heavy atom. The Labute approximate surface area is 203 Å². The van der Waals surface area contributed by atoms with Gasteiger partial charge in [0, 0.05) is 25.9 Å². The lowest BCUT2D eigenvalue weighted by Crippen LogP contribution is -2.26. The van der Waals surface area contributed by atoms with E-state index in [0.717, 1.165) is 30.4 Å². The number of halogens is 4. The molecule has 0 aromatic heterocycles. The highest BCUT2D eigenvalue weighted by molar-refractivity contribution is 6.42. The van der Waals surface area contributed by atoms with Crippen LogP contribution in [0.25, 0.3) is 0 Å².